The molecule has 1 aliphatic heterocycles. The van der Waals surface area contributed by atoms with E-state index in [1.54, 1.807) is 0 Å². The standard InChI is InChI=1S/C11H16N2O/c14-9-4-5-13-10(8-2-1-3-8)7-12-11(13)6-9/h7-9,14H,1-6H2. The topological polar surface area (TPSA) is 38.0 Å². The number of aliphatic hydroxyl groups is 1. The molecule has 3 heteroatoms. The quantitative estimate of drug-likeness (QED) is 0.731. The maximum Gasteiger partial charge on any atom is 0.111 e. The zero-order valence-electron chi connectivity index (χ0n) is 8.32. The molecule has 3 nitrogen and oxygen atoms in total. The number of hydrogen-bond acceptors (Lipinski definition) is 2. The van der Waals surface area contributed by atoms with Crippen molar-refractivity contribution < 1.29 is 5.11 Å². The van der Waals surface area contributed by atoms with Gasteiger partial charge in [0, 0.05) is 30.8 Å². The van der Waals surface area contributed by atoms with Gasteiger partial charge in [0.1, 0.15) is 5.82 Å². The second-order valence-corrected chi connectivity index (χ2v) is 4.53. The number of aliphatic hydroxyl groups excluding tert-OH is 1. The van der Waals surface area contributed by atoms with Gasteiger partial charge in [0.05, 0.1) is 6.10 Å². The first-order chi connectivity index (χ1) is 6.84. The number of rotatable bonds is 1. The van der Waals surface area contributed by atoms with Crippen LogP contribution in [0.3, 0.4) is 0 Å². The van der Waals surface area contributed by atoms with E-state index in [0.29, 0.717) is 0 Å². The molecule has 1 aliphatic carbocycles. The lowest BCUT2D eigenvalue weighted by atomic mass is 9.83. The summed E-state index contributed by atoms with van der Waals surface area (Å²) in [7, 11) is 0. The molecule has 2 heterocycles. The fraction of sp³-hybridized carbons (Fsp3) is 0.727. The number of aromatic nitrogens is 2. The molecule has 1 N–H and O–H groups in total. The van der Waals surface area contributed by atoms with E-state index in [1.807, 2.05) is 6.20 Å². The largest absolute Gasteiger partial charge is 0.393 e. The van der Waals surface area contributed by atoms with Crippen LogP contribution in [0.5, 0.6) is 0 Å². The lowest BCUT2D eigenvalue weighted by molar-refractivity contribution is 0.140. The van der Waals surface area contributed by atoms with E-state index in [-0.39, 0.29) is 6.10 Å². The van der Waals surface area contributed by atoms with Crippen LogP contribution in [0.15, 0.2) is 6.20 Å². The number of fused-ring (bicyclic) bond motifs is 1. The molecule has 1 saturated carbocycles. The minimum Gasteiger partial charge on any atom is -0.393 e. The van der Waals surface area contributed by atoms with Gasteiger partial charge in [-0.05, 0) is 19.3 Å². The third-order valence-corrected chi connectivity index (χ3v) is 3.60. The van der Waals surface area contributed by atoms with Crippen LogP contribution in [-0.4, -0.2) is 20.8 Å². The summed E-state index contributed by atoms with van der Waals surface area (Å²) < 4.78 is 2.33. The molecule has 1 fully saturated rings. The van der Waals surface area contributed by atoms with Gasteiger partial charge in [-0.15, -0.1) is 0 Å². The zero-order chi connectivity index (χ0) is 9.54. The highest BCUT2D eigenvalue weighted by molar-refractivity contribution is 5.15. The molecule has 0 amide bonds. The molecule has 1 aromatic heterocycles. The minimum atomic E-state index is -0.167. The Morgan fingerprint density at radius 2 is 2.21 bits per heavy atom. The second-order valence-electron chi connectivity index (χ2n) is 4.53. The van der Waals surface area contributed by atoms with Crippen LogP contribution in [0.4, 0.5) is 0 Å². The minimum absolute atomic E-state index is 0.167. The van der Waals surface area contributed by atoms with E-state index in [1.165, 1.54) is 25.0 Å². The van der Waals surface area contributed by atoms with Gasteiger partial charge in [0.2, 0.25) is 0 Å². The molecule has 14 heavy (non-hydrogen) atoms. The van der Waals surface area contributed by atoms with Crippen molar-refractivity contribution in [1.82, 2.24) is 9.55 Å². The fourth-order valence-electron chi connectivity index (χ4n) is 2.47. The first kappa shape index (κ1) is 8.48. The van der Waals surface area contributed by atoms with Crippen molar-refractivity contribution in [2.24, 2.45) is 0 Å². The summed E-state index contributed by atoms with van der Waals surface area (Å²) >= 11 is 0. The van der Waals surface area contributed by atoms with Gasteiger partial charge >= 0.3 is 0 Å². The maximum absolute atomic E-state index is 9.52. The molecule has 2 aliphatic rings. The van der Waals surface area contributed by atoms with Crippen molar-refractivity contribution in [3.8, 4) is 0 Å². The number of hydrogen-bond donors (Lipinski definition) is 1. The van der Waals surface area contributed by atoms with Crippen molar-refractivity contribution in [2.45, 2.75) is 50.7 Å². The normalized spacial score (nSPS) is 27.1. The van der Waals surface area contributed by atoms with Gasteiger partial charge in [-0.25, -0.2) is 4.98 Å². The van der Waals surface area contributed by atoms with E-state index in [0.717, 1.165) is 31.1 Å². The Morgan fingerprint density at radius 1 is 1.36 bits per heavy atom. The highest BCUT2D eigenvalue weighted by Crippen LogP contribution is 2.37. The molecule has 0 saturated heterocycles. The molecular formula is C11H16N2O. The molecule has 3 rings (SSSR count). The monoisotopic (exact) mass is 192 g/mol. The molecule has 0 bridgehead atoms. The molecule has 0 aromatic carbocycles. The van der Waals surface area contributed by atoms with Gasteiger partial charge < -0.3 is 9.67 Å². The van der Waals surface area contributed by atoms with Crippen molar-refractivity contribution in [2.75, 3.05) is 0 Å². The first-order valence-electron chi connectivity index (χ1n) is 5.57. The summed E-state index contributed by atoms with van der Waals surface area (Å²) in [5.74, 6) is 1.84. The van der Waals surface area contributed by atoms with E-state index in [4.69, 9.17) is 0 Å². The first-order valence-corrected chi connectivity index (χ1v) is 5.57. The van der Waals surface area contributed by atoms with Crippen LogP contribution < -0.4 is 0 Å². The van der Waals surface area contributed by atoms with Gasteiger partial charge in [0.25, 0.3) is 0 Å². The Labute approximate surface area is 83.8 Å². The smallest absolute Gasteiger partial charge is 0.111 e. The van der Waals surface area contributed by atoms with Gasteiger partial charge in [-0.2, -0.15) is 0 Å². The molecule has 0 radical (unpaired) electrons. The van der Waals surface area contributed by atoms with Crippen LogP contribution >= 0.6 is 0 Å². The van der Waals surface area contributed by atoms with Crippen molar-refractivity contribution in [3.63, 3.8) is 0 Å². The Kier molecular flexibility index (Phi) is 1.87. The Hall–Kier alpha value is -0.830. The molecule has 76 valence electrons. The Balaban J connectivity index is 1.91. The van der Waals surface area contributed by atoms with E-state index >= 15 is 0 Å². The summed E-state index contributed by atoms with van der Waals surface area (Å²) in [6.07, 6.45) is 7.52. The molecule has 1 unspecified atom stereocenters. The van der Waals surface area contributed by atoms with E-state index < -0.39 is 0 Å². The highest BCUT2D eigenvalue weighted by atomic mass is 16.3. The predicted octanol–water partition coefficient (Wildman–Crippen LogP) is 1.46. The van der Waals surface area contributed by atoms with Gasteiger partial charge in [-0.3, -0.25) is 0 Å². The van der Waals surface area contributed by atoms with Gasteiger partial charge in [0.15, 0.2) is 0 Å². The van der Waals surface area contributed by atoms with Crippen LogP contribution in [0.2, 0.25) is 0 Å². The SMILES string of the molecule is OC1CCn2c(C3CCC3)cnc2C1. The van der Waals surface area contributed by atoms with E-state index in [9.17, 15) is 5.11 Å². The Bertz CT molecular complexity index is 341. The number of imidazole rings is 1. The summed E-state index contributed by atoms with van der Waals surface area (Å²) in [5, 5.41) is 9.52. The summed E-state index contributed by atoms with van der Waals surface area (Å²) in [4.78, 5) is 4.41. The average molecular weight is 192 g/mol. The van der Waals surface area contributed by atoms with Gasteiger partial charge in [-0.1, -0.05) is 6.42 Å². The third kappa shape index (κ3) is 1.19. The average Bonchev–Trinajstić information content (AvgIpc) is 2.45. The molecule has 1 aromatic rings. The van der Waals surface area contributed by atoms with Crippen molar-refractivity contribution >= 4 is 0 Å². The maximum atomic E-state index is 9.52. The van der Waals surface area contributed by atoms with Crippen LogP contribution in [0.25, 0.3) is 0 Å². The fourth-order valence-corrected chi connectivity index (χ4v) is 2.47. The third-order valence-electron chi connectivity index (χ3n) is 3.60. The highest BCUT2D eigenvalue weighted by Gasteiger charge is 2.27. The molecular weight excluding hydrogens is 176 g/mol. The lowest BCUT2D eigenvalue weighted by Gasteiger charge is -2.29. The predicted molar refractivity (Wildman–Crippen MR) is 53.1 cm³/mol. The van der Waals surface area contributed by atoms with E-state index in [2.05, 4.69) is 9.55 Å². The summed E-state index contributed by atoms with van der Waals surface area (Å²) in [6, 6.07) is 0. The van der Waals surface area contributed by atoms with Crippen LogP contribution in [0.1, 0.15) is 43.1 Å². The zero-order valence-corrected chi connectivity index (χ0v) is 8.32. The summed E-state index contributed by atoms with van der Waals surface area (Å²) in [6.45, 7) is 0.961. The molecule has 0 spiro atoms. The second kappa shape index (κ2) is 3.09. The van der Waals surface area contributed by atoms with Crippen LogP contribution in [0, 0.1) is 0 Å². The Morgan fingerprint density at radius 3 is 2.93 bits per heavy atom. The van der Waals surface area contributed by atoms with Crippen molar-refractivity contribution in [3.05, 3.63) is 17.7 Å². The van der Waals surface area contributed by atoms with Crippen molar-refractivity contribution in [1.29, 1.82) is 0 Å². The number of nitrogens with zero attached hydrogens (tertiary/aromatic N) is 2. The van der Waals surface area contributed by atoms with Crippen LogP contribution in [-0.2, 0) is 13.0 Å². The summed E-state index contributed by atoms with van der Waals surface area (Å²) in [5.41, 5.74) is 1.41. The lowest BCUT2D eigenvalue weighted by Crippen LogP contribution is -2.25. The molecule has 1 atom stereocenters.